The number of rotatable bonds is 0. The number of hydrogen-bond acceptors (Lipinski definition) is 2. The number of hydrogen-bond donors (Lipinski definition) is 0. The smallest absolute Gasteiger partial charge is 0.349 e. The van der Waals surface area contributed by atoms with Crippen LogP contribution in [0.25, 0.3) is 11.0 Å². The highest BCUT2D eigenvalue weighted by Gasteiger charge is 2.01. The fourth-order valence-corrected chi connectivity index (χ4v) is 1.89. The van der Waals surface area contributed by atoms with Gasteiger partial charge in [0.2, 0.25) is 0 Å². The van der Waals surface area contributed by atoms with Crippen LogP contribution in [0.3, 0.4) is 0 Å². The van der Waals surface area contributed by atoms with Crippen LogP contribution in [-0.2, 0) is 0 Å². The Morgan fingerprint density at radius 1 is 1.31 bits per heavy atom. The molecule has 2 rings (SSSR count). The first kappa shape index (κ1) is 9.21. The predicted octanol–water partition coefficient (Wildman–Crippen LogP) is 3.16. The summed E-state index contributed by atoms with van der Waals surface area (Å²) in [6, 6.07) is 7.35. The van der Waals surface area contributed by atoms with Crippen molar-refractivity contribution in [2.24, 2.45) is 0 Å². The standard InChI is InChI=1S/C9H4BrIO2/c10-6-1-2-8-5(3-6)4-7(11)9(12)13-8/h1-4H. The van der Waals surface area contributed by atoms with Gasteiger partial charge in [-0.15, -0.1) is 0 Å². The normalized spacial score (nSPS) is 10.6. The molecule has 1 aromatic carbocycles. The molecule has 13 heavy (non-hydrogen) atoms. The molecule has 1 heterocycles. The molecule has 0 aliphatic rings. The molecule has 0 aliphatic heterocycles. The summed E-state index contributed by atoms with van der Waals surface area (Å²) in [5, 5.41) is 0.929. The lowest BCUT2D eigenvalue weighted by molar-refractivity contribution is 0.556. The second-order valence-corrected chi connectivity index (χ2v) is 4.64. The lowest BCUT2D eigenvalue weighted by Crippen LogP contribution is -2.01. The van der Waals surface area contributed by atoms with Crippen molar-refractivity contribution in [1.82, 2.24) is 0 Å². The summed E-state index contributed by atoms with van der Waals surface area (Å²) < 4.78 is 6.64. The first-order valence-electron chi connectivity index (χ1n) is 3.56. The Hall–Kier alpha value is -0.360. The van der Waals surface area contributed by atoms with E-state index in [0.717, 1.165) is 9.86 Å². The van der Waals surface area contributed by atoms with Gasteiger partial charge in [0.05, 0.1) is 3.57 Å². The molecule has 0 spiro atoms. The number of fused-ring (bicyclic) bond motifs is 1. The molecule has 0 radical (unpaired) electrons. The molecule has 1 aromatic heterocycles. The van der Waals surface area contributed by atoms with Gasteiger partial charge in [-0.1, -0.05) is 15.9 Å². The van der Waals surface area contributed by atoms with Crippen LogP contribution < -0.4 is 5.63 Å². The fourth-order valence-electron chi connectivity index (χ4n) is 1.07. The minimum absolute atomic E-state index is 0.282. The summed E-state index contributed by atoms with van der Waals surface area (Å²) in [5.41, 5.74) is 0.337. The Balaban J connectivity index is 2.89. The van der Waals surface area contributed by atoms with Crippen LogP contribution in [0.1, 0.15) is 0 Å². The molecule has 0 unspecified atom stereocenters. The van der Waals surface area contributed by atoms with Crippen molar-refractivity contribution in [2.75, 3.05) is 0 Å². The zero-order valence-corrected chi connectivity index (χ0v) is 10.1. The van der Waals surface area contributed by atoms with Gasteiger partial charge in [-0.25, -0.2) is 4.79 Å². The van der Waals surface area contributed by atoms with Gasteiger partial charge in [-0.2, -0.15) is 0 Å². The maximum absolute atomic E-state index is 11.1. The predicted molar refractivity (Wildman–Crippen MR) is 62.9 cm³/mol. The van der Waals surface area contributed by atoms with Gasteiger partial charge in [0.25, 0.3) is 0 Å². The minimum atomic E-state index is -0.282. The van der Waals surface area contributed by atoms with E-state index in [1.807, 2.05) is 40.8 Å². The second-order valence-electron chi connectivity index (χ2n) is 2.56. The van der Waals surface area contributed by atoms with Crippen LogP contribution in [0, 0.1) is 3.57 Å². The number of benzene rings is 1. The van der Waals surface area contributed by atoms with Gasteiger partial charge in [0, 0.05) is 9.86 Å². The Morgan fingerprint density at radius 3 is 2.85 bits per heavy atom. The monoisotopic (exact) mass is 350 g/mol. The van der Waals surface area contributed by atoms with Crippen molar-refractivity contribution in [1.29, 1.82) is 0 Å². The van der Waals surface area contributed by atoms with Gasteiger partial charge < -0.3 is 4.42 Å². The van der Waals surface area contributed by atoms with E-state index >= 15 is 0 Å². The fraction of sp³-hybridized carbons (Fsp3) is 0. The first-order valence-corrected chi connectivity index (χ1v) is 5.43. The minimum Gasteiger partial charge on any atom is -0.422 e. The molecule has 0 bridgehead atoms. The Morgan fingerprint density at radius 2 is 2.08 bits per heavy atom. The first-order chi connectivity index (χ1) is 6.16. The lowest BCUT2D eigenvalue weighted by atomic mass is 10.2. The third-order valence-electron chi connectivity index (χ3n) is 1.65. The van der Waals surface area contributed by atoms with Crippen LogP contribution in [0.5, 0.6) is 0 Å². The molecule has 0 saturated heterocycles. The van der Waals surface area contributed by atoms with E-state index in [0.29, 0.717) is 9.15 Å². The summed E-state index contributed by atoms with van der Waals surface area (Å²) in [4.78, 5) is 11.1. The van der Waals surface area contributed by atoms with Crippen molar-refractivity contribution < 1.29 is 4.42 Å². The molecular weight excluding hydrogens is 347 g/mol. The molecule has 4 heteroatoms. The average Bonchev–Trinajstić information content (AvgIpc) is 2.08. The molecule has 0 atom stereocenters. The van der Waals surface area contributed by atoms with Crippen LogP contribution >= 0.6 is 38.5 Å². The van der Waals surface area contributed by atoms with Crippen LogP contribution in [0.4, 0.5) is 0 Å². The van der Waals surface area contributed by atoms with Crippen LogP contribution in [-0.4, -0.2) is 0 Å². The Labute approximate surface area is 96.2 Å². The molecule has 2 aromatic rings. The third kappa shape index (κ3) is 1.78. The van der Waals surface area contributed by atoms with Gasteiger partial charge in [-0.05, 0) is 46.9 Å². The third-order valence-corrected chi connectivity index (χ3v) is 2.90. The Kier molecular flexibility index (Phi) is 2.42. The maximum atomic E-state index is 11.1. The van der Waals surface area contributed by atoms with E-state index in [-0.39, 0.29) is 5.63 Å². The average molecular weight is 351 g/mol. The molecule has 0 fully saturated rings. The SMILES string of the molecule is O=c1oc2ccc(Br)cc2cc1I. The van der Waals surface area contributed by atoms with Gasteiger partial charge >= 0.3 is 5.63 Å². The molecule has 66 valence electrons. The molecule has 0 saturated carbocycles. The molecule has 0 N–H and O–H groups in total. The zero-order valence-electron chi connectivity index (χ0n) is 6.38. The number of halogens is 2. The lowest BCUT2D eigenvalue weighted by Gasteiger charge is -1.96. The molecular formula is C9H4BrIO2. The maximum Gasteiger partial charge on any atom is 0.349 e. The van der Waals surface area contributed by atoms with E-state index < -0.39 is 0 Å². The van der Waals surface area contributed by atoms with Gasteiger partial charge in [-0.3, -0.25) is 0 Å². The van der Waals surface area contributed by atoms with E-state index in [9.17, 15) is 4.79 Å². The summed E-state index contributed by atoms with van der Waals surface area (Å²) in [5.74, 6) is 0. The molecule has 0 aliphatic carbocycles. The van der Waals surface area contributed by atoms with Gasteiger partial charge in [0.1, 0.15) is 5.58 Å². The van der Waals surface area contributed by atoms with E-state index in [1.165, 1.54) is 0 Å². The quantitative estimate of drug-likeness (QED) is 0.539. The van der Waals surface area contributed by atoms with E-state index in [4.69, 9.17) is 4.42 Å². The van der Waals surface area contributed by atoms with Crippen molar-refractivity contribution in [2.45, 2.75) is 0 Å². The van der Waals surface area contributed by atoms with E-state index in [1.54, 1.807) is 6.07 Å². The highest BCUT2D eigenvalue weighted by atomic mass is 127. The summed E-state index contributed by atoms with van der Waals surface area (Å²) in [7, 11) is 0. The van der Waals surface area contributed by atoms with Crippen molar-refractivity contribution in [3.63, 3.8) is 0 Å². The second kappa shape index (κ2) is 3.42. The zero-order chi connectivity index (χ0) is 9.42. The van der Waals surface area contributed by atoms with Crippen molar-refractivity contribution in [3.8, 4) is 0 Å². The Bertz CT molecular complexity index is 518. The van der Waals surface area contributed by atoms with Crippen LogP contribution in [0.2, 0.25) is 0 Å². The van der Waals surface area contributed by atoms with Crippen molar-refractivity contribution in [3.05, 3.63) is 42.7 Å². The highest BCUT2D eigenvalue weighted by Crippen LogP contribution is 2.19. The topological polar surface area (TPSA) is 30.2 Å². The largest absolute Gasteiger partial charge is 0.422 e. The van der Waals surface area contributed by atoms with Gasteiger partial charge in [0.15, 0.2) is 0 Å². The summed E-state index contributed by atoms with van der Waals surface area (Å²) in [6.07, 6.45) is 0. The summed E-state index contributed by atoms with van der Waals surface area (Å²) in [6.45, 7) is 0. The van der Waals surface area contributed by atoms with Crippen LogP contribution in [0.15, 0.2) is 37.9 Å². The molecule has 2 nitrogen and oxygen atoms in total. The highest BCUT2D eigenvalue weighted by molar-refractivity contribution is 14.1. The van der Waals surface area contributed by atoms with Crippen molar-refractivity contribution >= 4 is 49.5 Å². The van der Waals surface area contributed by atoms with E-state index in [2.05, 4.69) is 15.9 Å². The molecule has 0 amide bonds. The summed E-state index contributed by atoms with van der Waals surface area (Å²) >= 11 is 5.32.